The molecule has 0 aromatic carbocycles. The van der Waals surface area contributed by atoms with Crippen molar-refractivity contribution in [2.24, 2.45) is 11.7 Å². The van der Waals surface area contributed by atoms with E-state index in [1.54, 1.807) is 0 Å². The van der Waals surface area contributed by atoms with Crippen LogP contribution < -0.4 is 5.73 Å². The topological polar surface area (TPSA) is 30.9 Å². The Kier molecular flexibility index (Phi) is 3.47. The highest BCUT2D eigenvalue weighted by Gasteiger charge is 2.16. The smallest absolute Gasteiger partial charge is 0.0250 e. The minimum absolute atomic E-state index is 0.266. The van der Waals surface area contributed by atoms with Gasteiger partial charge in [-0.15, -0.1) is 0 Å². The largest absolute Gasteiger partial charge is 0.351 e. The second-order valence-electron chi connectivity index (χ2n) is 4.98. The summed E-state index contributed by atoms with van der Waals surface area (Å²) < 4.78 is 2.40. The fourth-order valence-corrected chi connectivity index (χ4v) is 2.61. The molecule has 84 valence electrons. The molecule has 1 unspecified atom stereocenters. The number of rotatable bonds is 4. The van der Waals surface area contributed by atoms with Crippen molar-refractivity contribution in [1.82, 2.24) is 4.57 Å². The van der Waals surface area contributed by atoms with Crippen LogP contribution in [0.2, 0.25) is 0 Å². The van der Waals surface area contributed by atoms with E-state index < -0.39 is 0 Å². The summed E-state index contributed by atoms with van der Waals surface area (Å²) in [6, 6.07) is 4.62. The predicted molar refractivity (Wildman–Crippen MR) is 63.7 cm³/mol. The molecule has 0 spiro atoms. The molecular weight excluding hydrogens is 184 g/mol. The van der Waals surface area contributed by atoms with Gasteiger partial charge in [0, 0.05) is 30.9 Å². The van der Waals surface area contributed by atoms with Crippen molar-refractivity contribution in [2.45, 2.75) is 51.6 Å². The lowest BCUT2D eigenvalue weighted by molar-refractivity contribution is 0.447. The summed E-state index contributed by atoms with van der Waals surface area (Å²) in [5.41, 5.74) is 7.25. The number of hydrogen-bond donors (Lipinski definition) is 1. The van der Waals surface area contributed by atoms with Crippen LogP contribution in [0.15, 0.2) is 18.3 Å². The summed E-state index contributed by atoms with van der Waals surface area (Å²) in [5, 5.41) is 0. The molecular formula is C13H22N2. The van der Waals surface area contributed by atoms with Crippen molar-refractivity contribution < 1.29 is 0 Å². The van der Waals surface area contributed by atoms with E-state index in [2.05, 4.69) is 29.8 Å². The first-order chi connectivity index (χ1) is 7.25. The summed E-state index contributed by atoms with van der Waals surface area (Å²) in [5.74, 6) is 0.907. The zero-order valence-electron chi connectivity index (χ0n) is 9.65. The first kappa shape index (κ1) is 10.7. The van der Waals surface area contributed by atoms with Crippen molar-refractivity contribution >= 4 is 0 Å². The van der Waals surface area contributed by atoms with Crippen LogP contribution in [-0.2, 0) is 13.0 Å². The Balaban J connectivity index is 1.97. The Labute approximate surface area is 92.5 Å². The van der Waals surface area contributed by atoms with Gasteiger partial charge in [0.1, 0.15) is 0 Å². The molecule has 2 rings (SSSR count). The Bertz CT molecular complexity index is 295. The van der Waals surface area contributed by atoms with Gasteiger partial charge in [-0.2, -0.15) is 0 Å². The molecule has 2 nitrogen and oxygen atoms in total. The maximum absolute atomic E-state index is 5.85. The van der Waals surface area contributed by atoms with Gasteiger partial charge in [-0.3, -0.25) is 0 Å². The lowest BCUT2D eigenvalue weighted by Gasteiger charge is -2.15. The van der Waals surface area contributed by atoms with Gasteiger partial charge in [0.25, 0.3) is 0 Å². The molecule has 0 bridgehead atoms. The maximum atomic E-state index is 5.85. The standard InChI is InChI=1S/C13H22N2/c1-11(14)9-13-7-4-8-15(13)10-12-5-2-3-6-12/h4,7-8,11-12H,2-3,5-6,9-10,14H2,1H3. The molecule has 1 aliphatic rings. The van der Waals surface area contributed by atoms with E-state index in [0.717, 1.165) is 12.3 Å². The average molecular weight is 206 g/mol. The fraction of sp³-hybridized carbons (Fsp3) is 0.692. The Morgan fingerprint density at radius 3 is 2.87 bits per heavy atom. The van der Waals surface area contributed by atoms with Crippen LogP contribution >= 0.6 is 0 Å². The molecule has 0 aliphatic heterocycles. The van der Waals surface area contributed by atoms with Crippen LogP contribution in [0.25, 0.3) is 0 Å². The number of hydrogen-bond acceptors (Lipinski definition) is 1. The number of aromatic nitrogens is 1. The van der Waals surface area contributed by atoms with Crippen molar-refractivity contribution in [3.05, 3.63) is 24.0 Å². The highest BCUT2D eigenvalue weighted by atomic mass is 15.0. The normalized spacial score (nSPS) is 19.6. The fourth-order valence-electron chi connectivity index (χ4n) is 2.61. The molecule has 1 atom stereocenters. The molecule has 2 heteroatoms. The number of nitrogens with zero attached hydrogens (tertiary/aromatic N) is 1. The molecule has 0 amide bonds. The van der Waals surface area contributed by atoms with Crippen molar-refractivity contribution in [1.29, 1.82) is 0 Å². The Hall–Kier alpha value is -0.760. The van der Waals surface area contributed by atoms with Crippen LogP contribution in [0.5, 0.6) is 0 Å². The van der Waals surface area contributed by atoms with E-state index in [-0.39, 0.29) is 6.04 Å². The first-order valence-electron chi connectivity index (χ1n) is 6.15. The summed E-state index contributed by atoms with van der Waals surface area (Å²) >= 11 is 0. The van der Waals surface area contributed by atoms with Gasteiger partial charge in [-0.05, 0) is 37.8 Å². The Morgan fingerprint density at radius 2 is 2.20 bits per heavy atom. The van der Waals surface area contributed by atoms with Gasteiger partial charge < -0.3 is 10.3 Å². The third kappa shape index (κ3) is 2.85. The zero-order valence-corrected chi connectivity index (χ0v) is 9.65. The van der Waals surface area contributed by atoms with E-state index >= 15 is 0 Å². The summed E-state index contributed by atoms with van der Waals surface area (Å²) in [6.45, 7) is 3.28. The van der Waals surface area contributed by atoms with Crippen LogP contribution in [0.1, 0.15) is 38.3 Å². The highest BCUT2D eigenvalue weighted by molar-refractivity contribution is 5.08. The maximum Gasteiger partial charge on any atom is 0.0250 e. The van der Waals surface area contributed by atoms with Crippen LogP contribution in [0, 0.1) is 5.92 Å². The van der Waals surface area contributed by atoms with E-state index in [9.17, 15) is 0 Å². The second kappa shape index (κ2) is 4.84. The van der Waals surface area contributed by atoms with Crippen molar-refractivity contribution in [2.75, 3.05) is 0 Å². The van der Waals surface area contributed by atoms with Gasteiger partial charge in [0.15, 0.2) is 0 Å². The number of nitrogens with two attached hydrogens (primary N) is 1. The van der Waals surface area contributed by atoms with E-state index in [1.807, 2.05) is 0 Å². The van der Waals surface area contributed by atoms with E-state index in [4.69, 9.17) is 5.73 Å². The van der Waals surface area contributed by atoms with Crippen molar-refractivity contribution in [3.8, 4) is 0 Å². The monoisotopic (exact) mass is 206 g/mol. The second-order valence-corrected chi connectivity index (χ2v) is 4.98. The average Bonchev–Trinajstić information content (AvgIpc) is 2.78. The van der Waals surface area contributed by atoms with E-state index in [1.165, 1.54) is 37.9 Å². The third-order valence-electron chi connectivity index (χ3n) is 3.38. The molecule has 2 N–H and O–H groups in total. The highest BCUT2D eigenvalue weighted by Crippen LogP contribution is 2.26. The Morgan fingerprint density at radius 1 is 1.47 bits per heavy atom. The van der Waals surface area contributed by atoms with Crippen molar-refractivity contribution in [3.63, 3.8) is 0 Å². The molecule has 0 saturated heterocycles. The minimum Gasteiger partial charge on any atom is -0.351 e. The zero-order chi connectivity index (χ0) is 10.7. The lowest BCUT2D eigenvalue weighted by Crippen LogP contribution is -2.20. The van der Waals surface area contributed by atoms with Gasteiger partial charge in [-0.1, -0.05) is 12.8 Å². The van der Waals surface area contributed by atoms with Gasteiger partial charge in [0.2, 0.25) is 0 Å². The lowest BCUT2D eigenvalue weighted by atomic mass is 10.1. The van der Waals surface area contributed by atoms with Crippen LogP contribution in [0.4, 0.5) is 0 Å². The minimum atomic E-state index is 0.266. The molecule has 15 heavy (non-hydrogen) atoms. The van der Waals surface area contributed by atoms with Gasteiger partial charge >= 0.3 is 0 Å². The van der Waals surface area contributed by atoms with Crippen LogP contribution in [-0.4, -0.2) is 10.6 Å². The molecule has 1 saturated carbocycles. The third-order valence-corrected chi connectivity index (χ3v) is 3.38. The summed E-state index contributed by atoms with van der Waals surface area (Å²) in [7, 11) is 0. The molecule has 1 fully saturated rings. The summed E-state index contributed by atoms with van der Waals surface area (Å²) in [6.07, 6.45) is 8.88. The van der Waals surface area contributed by atoms with Gasteiger partial charge in [0.05, 0.1) is 0 Å². The van der Waals surface area contributed by atoms with Gasteiger partial charge in [-0.25, -0.2) is 0 Å². The predicted octanol–water partition coefficient (Wildman–Crippen LogP) is 2.57. The van der Waals surface area contributed by atoms with E-state index in [0.29, 0.717) is 0 Å². The molecule has 1 heterocycles. The summed E-state index contributed by atoms with van der Waals surface area (Å²) in [4.78, 5) is 0. The first-order valence-corrected chi connectivity index (χ1v) is 6.15. The molecule has 1 aromatic rings. The quantitative estimate of drug-likeness (QED) is 0.806. The molecule has 1 aliphatic carbocycles. The molecule has 0 radical (unpaired) electrons. The molecule has 1 aromatic heterocycles. The van der Waals surface area contributed by atoms with Crippen LogP contribution in [0.3, 0.4) is 0 Å². The SMILES string of the molecule is CC(N)Cc1cccn1CC1CCCC1.